The van der Waals surface area contributed by atoms with Crippen molar-refractivity contribution < 1.29 is 0 Å². The van der Waals surface area contributed by atoms with Crippen molar-refractivity contribution in [1.29, 1.82) is 0 Å². The van der Waals surface area contributed by atoms with Gasteiger partial charge in [0, 0.05) is 0 Å². The third kappa shape index (κ3) is 8.00. The van der Waals surface area contributed by atoms with E-state index >= 15 is 0 Å². The van der Waals surface area contributed by atoms with Crippen LogP contribution in [0.1, 0.15) is 53.4 Å². The highest BCUT2D eigenvalue weighted by Gasteiger charge is 2.07. The van der Waals surface area contributed by atoms with E-state index in [2.05, 4.69) is 27.7 Å². The average molecular weight is 142 g/mol. The molecule has 1 aliphatic rings. The van der Waals surface area contributed by atoms with Crippen molar-refractivity contribution >= 4 is 0 Å². The molecule has 10 heavy (non-hydrogen) atoms. The molecule has 1 saturated carbocycles. The Labute approximate surface area is 66.0 Å². The summed E-state index contributed by atoms with van der Waals surface area (Å²) in [4.78, 5) is 0. The maximum atomic E-state index is 2.34. The Morgan fingerprint density at radius 3 is 1.40 bits per heavy atom. The Morgan fingerprint density at radius 1 is 1.00 bits per heavy atom. The summed E-state index contributed by atoms with van der Waals surface area (Å²) in [5.74, 6) is 1.88. The lowest BCUT2D eigenvalue weighted by molar-refractivity contribution is 0.612. The first kappa shape index (κ1) is 10.0. The van der Waals surface area contributed by atoms with Gasteiger partial charge >= 0.3 is 0 Å². The molecule has 0 nitrogen and oxygen atoms in total. The standard InChI is InChI=1S/C6H12.C4H10/c1-6-4-2-3-5-6;1-4(2)3/h6H,2-5H2,1H3;4H,1-3H3. The normalized spacial score (nSPS) is 18.9. The predicted molar refractivity (Wildman–Crippen MR) is 48.1 cm³/mol. The molecule has 0 spiro atoms. The van der Waals surface area contributed by atoms with E-state index in [0.717, 1.165) is 11.8 Å². The zero-order valence-corrected chi connectivity index (χ0v) is 7.98. The molecule has 1 fully saturated rings. The summed E-state index contributed by atoms with van der Waals surface area (Å²) in [5, 5.41) is 0. The van der Waals surface area contributed by atoms with Gasteiger partial charge in [0.1, 0.15) is 0 Å². The van der Waals surface area contributed by atoms with E-state index in [1.165, 1.54) is 25.7 Å². The zero-order valence-electron chi connectivity index (χ0n) is 7.98. The lowest BCUT2D eigenvalue weighted by Crippen LogP contribution is -1.78. The summed E-state index contributed by atoms with van der Waals surface area (Å²) >= 11 is 0. The molecule has 0 radical (unpaired) electrons. The van der Waals surface area contributed by atoms with Gasteiger partial charge in [-0.05, 0) is 11.8 Å². The summed E-state index contributed by atoms with van der Waals surface area (Å²) in [7, 11) is 0. The molecule has 0 bridgehead atoms. The van der Waals surface area contributed by atoms with E-state index in [1.807, 2.05) is 0 Å². The van der Waals surface area contributed by atoms with Gasteiger partial charge in [-0.25, -0.2) is 0 Å². The van der Waals surface area contributed by atoms with Gasteiger partial charge in [0.15, 0.2) is 0 Å². The Morgan fingerprint density at radius 2 is 1.30 bits per heavy atom. The second-order valence-corrected chi connectivity index (χ2v) is 4.12. The van der Waals surface area contributed by atoms with Crippen LogP contribution >= 0.6 is 0 Å². The van der Waals surface area contributed by atoms with Gasteiger partial charge in [-0.15, -0.1) is 0 Å². The molecule has 0 amide bonds. The van der Waals surface area contributed by atoms with Crippen molar-refractivity contribution in [1.82, 2.24) is 0 Å². The van der Waals surface area contributed by atoms with Crippen molar-refractivity contribution in [2.45, 2.75) is 53.4 Å². The third-order valence-corrected chi connectivity index (χ3v) is 1.64. The second-order valence-electron chi connectivity index (χ2n) is 4.12. The Hall–Kier alpha value is 0. The number of rotatable bonds is 0. The molecule has 0 aliphatic heterocycles. The van der Waals surface area contributed by atoms with Crippen molar-refractivity contribution in [2.24, 2.45) is 11.8 Å². The zero-order chi connectivity index (χ0) is 7.98. The minimum atomic E-state index is 0.833. The fraction of sp³-hybridized carbons (Fsp3) is 1.00. The van der Waals surface area contributed by atoms with Crippen LogP contribution in [0.3, 0.4) is 0 Å². The van der Waals surface area contributed by atoms with Gasteiger partial charge in [-0.2, -0.15) is 0 Å². The first-order chi connectivity index (χ1) is 4.63. The van der Waals surface area contributed by atoms with Gasteiger partial charge in [-0.1, -0.05) is 53.4 Å². The van der Waals surface area contributed by atoms with Crippen LogP contribution in [0.25, 0.3) is 0 Å². The van der Waals surface area contributed by atoms with Crippen molar-refractivity contribution in [3.8, 4) is 0 Å². The summed E-state index contributed by atoms with van der Waals surface area (Å²) in [6.07, 6.45) is 5.95. The summed E-state index contributed by atoms with van der Waals surface area (Å²) < 4.78 is 0. The molecule has 0 atom stereocenters. The fourth-order valence-electron chi connectivity index (χ4n) is 1.13. The summed E-state index contributed by atoms with van der Waals surface area (Å²) in [5.41, 5.74) is 0. The van der Waals surface area contributed by atoms with E-state index < -0.39 is 0 Å². The van der Waals surface area contributed by atoms with Crippen LogP contribution in [-0.4, -0.2) is 0 Å². The molecule has 1 rings (SSSR count). The van der Waals surface area contributed by atoms with Gasteiger partial charge in [0.2, 0.25) is 0 Å². The van der Waals surface area contributed by atoms with Crippen LogP contribution in [-0.2, 0) is 0 Å². The highest BCUT2D eigenvalue weighted by molar-refractivity contribution is 4.60. The highest BCUT2D eigenvalue weighted by atomic mass is 14.1. The summed E-state index contributed by atoms with van der Waals surface area (Å²) in [6.45, 7) is 8.84. The lowest BCUT2D eigenvalue weighted by atomic mass is 10.2. The van der Waals surface area contributed by atoms with E-state index in [0.29, 0.717) is 0 Å². The average Bonchev–Trinajstić information content (AvgIpc) is 2.15. The van der Waals surface area contributed by atoms with Gasteiger partial charge in [-0.3, -0.25) is 0 Å². The molecule has 1 aliphatic carbocycles. The van der Waals surface area contributed by atoms with Crippen molar-refractivity contribution in [3.05, 3.63) is 0 Å². The highest BCUT2D eigenvalue weighted by Crippen LogP contribution is 2.22. The van der Waals surface area contributed by atoms with E-state index in [-0.39, 0.29) is 0 Å². The maximum absolute atomic E-state index is 2.34. The van der Waals surface area contributed by atoms with Crippen LogP contribution in [0.15, 0.2) is 0 Å². The molecule has 0 aromatic rings. The van der Waals surface area contributed by atoms with Crippen molar-refractivity contribution in [3.63, 3.8) is 0 Å². The van der Waals surface area contributed by atoms with Gasteiger partial charge < -0.3 is 0 Å². The Bertz CT molecular complexity index is 55.7. The van der Waals surface area contributed by atoms with Crippen LogP contribution in [0.4, 0.5) is 0 Å². The lowest BCUT2D eigenvalue weighted by Gasteiger charge is -1.91. The number of hydrogen-bond acceptors (Lipinski definition) is 0. The first-order valence-corrected chi connectivity index (χ1v) is 4.63. The second kappa shape index (κ2) is 5.76. The predicted octanol–water partition coefficient (Wildman–Crippen LogP) is 3.86. The van der Waals surface area contributed by atoms with Gasteiger partial charge in [0.25, 0.3) is 0 Å². The largest absolute Gasteiger partial charge is 0.0630 e. The maximum Gasteiger partial charge on any atom is -0.0443 e. The molecule has 0 aromatic heterocycles. The Balaban J connectivity index is 0.000000180. The first-order valence-electron chi connectivity index (χ1n) is 4.63. The monoisotopic (exact) mass is 142 g/mol. The molecular formula is C10H22. The van der Waals surface area contributed by atoms with Crippen LogP contribution in [0, 0.1) is 11.8 Å². The molecule has 0 aromatic carbocycles. The smallest absolute Gasteiger partial charge is 0.0443 e. The van der Waals surface area contributed by atoms with E-state index in [1.54, 1.807) is 0 Å². The van der Waals surface area contributed by atoms with E-state index in [9.17, 15) is 0 Å². The summed E-state index contributed by atoms with van der Waals surface area (Å²) in [6, 6.07) is 0. The topological polar surface area (TPSA) is 0 Å². The van der Waals surface area contributed by atoms with Crippen LogP contribution < -0.4 is 0 Å². The molecule has 0 heteroatoms. The molecule has 0 saturated heterocycles. The van der Waals surface area contributed by atoms with Gasteiger partial charge in [0.05, 0.1) is 0 Å². The molecular weight excluding hydrogens is 120 g/mol. The van der Waals surface area contributed by atoms with Crippen LogP contribution in [0.5, 0.6) is 0 Å². The Kier molecular flexibility index (Phi) is 5.76. The quantitative estimate of drug-likeness (QED) is 0.482. The van der Waals surface area contributed by atoms with Crippen molar-refractivity contribution in [2.75, 3.05) is 0 Å². The fourth-order valence-corrected chi connectivity index (χ4v) is 1.13. The molecule has 0 N–H and O–H groups in total. The van der Waals surface area contributed by atoms with Crippen LogP contribution in [0.2, 0.25) is 0 Å². The minimum Gasteiger partial charge on any atom is -0.0630 e. The molecule has 62 valence electrons. The molecule has 0 heterocycles. The molecule has 0 unspecified atom stereocenters. The SMILES string of the molecule is CC(C)C.CC1CCCC1. The minimum absolute atomic E-state index is 0.833. The number of hydrogen-bond donors (Lipinski definition) is 0. The third-order valence-electron chi connectivity index (χ3n) is 1.64. The van der Waals surface area contributed by atoms with E-state index in [4.69, 9.17) is 0 Å².